The molecule has 3 aliphatic rings. The summed E-state index contributed by atoms with van der Waals surface area (Å²) < 4.78 is 17.9. The molecule has 12 nitrogen and oxygen atoms in total. The zero-order valence-electron chi connectivity index (χ0n) is 24.6. The van der Waals surface area contributed by atoms with Crippen molar-refractivity contribution in [3.05, 3.63) is 83.4 Å². The van der Waals surface area contributed by atoms with Crippen LogP contribution in [0.4, 0.5) is 21.9 Å². The van der Waals surface area contributed by atoms with Gasteiger partial charge in [0.1, 0.15) is 13.1 Å². The Morgan fingerprint density at radius 1 is 0.848 bits per heavy atom. The summed E-state index contributed by atoms with van der Waals surface area (Å²) in [4.78, 5) is 55.2. The third kappa shape index (κ3) is 6.14. The minimum absolute atomic E-state index is 0.0118. The zero-order valence-corrected chi connectivity index (χ0v) is 25.4. The quantitative estimate of drug-likeness (QED) is 0.267. The Kier molecular flexibility index (Phi) is 8.07. The number of fused-ring (bicyclic) bond motifs is 2. The summed E-state index contributed by atoms with van der Waals surface area (Å²) in [5.74, 6) is -0.0965. The lowest BCUT2D eigenvalue weighted by Gasteiger charge is -2.28. The van der Waals surface area contributed by atoms with Crippen molar-refractivity contribution in [3.63, 3.8) is 0 Å². The highest BCUT2D eigenvalue weighted by atomic mass is 32.2. The van der Waals surface area contributed by atoms with Crippen molar-refractivity contribution in [3.8, 4) is 11.5 Å². The van der Waals surface area contributed by atoms with Crippen LogP contribution in [-0.2, 0) is 25.7 Å². The van der Waals surface area contributed by atoms with Crippen LogP contribution in [0.2, 0.25) is 0 Å². The molecule has 2 fully saturated rings. The molecule has 0 saturated carbocycles. The second-order valence-corrected chi connectivity index (χ2v) is 11.8. The largest absolute Gasteiger partial charge is 0.454 e. The molecule has 4 heterocycles. The molecule has 234 valence electrons. The first kappa shape index (κ1) is 29.4. The average Bonchev–Trinajstić information content (AvgIpc) is 3.74. The highest BCUT2D eigenvalue weighted by Gasteiger charge is 2.36. The van der Waals surface area contributed by atoms with E-state index in [-0.39, 0.29) is 24.2 Å². The van der Waals surface area contributed by atoms with Crippen LogP contribution in [-0.4, -0.2) is 72.1 Å². The van der Waals surface area contributed by atoms with Crippen molar-refractivity contribution < 1.29 is 33.4 Å². The van der Waals surface area contributed by atoms with Gasteiger partial charge in [-0.2, -0.15) is 0 Å². The highest BCUT2D eigenvalue weighted by molar-refractivity contribution is 8.18. The van der Waals surface area contributed by atoms with Gasteiger partial charge in [-0.05, 0) is 60.3 Å². The first-order valence-electron chi connectivity index (χ1n) is 14.7. The SMILES string of the molecule is O=C(CN1C(=O)S/C(=C\c2cn(CC(=O)Nc3ccc4c(c3)OCO4)c3ccccc23)C1=O)Nc1ccc(N2CCOCC2)cc1. The molecule has 3 aromatic carbocycles. The minimum Gasteiger partial charge on any atom is -0.454 e. The van der Waals surface area contributed by atoms with E-state index in [4.69, 9.17) is 14.2 Å². The third-order valence-electron chi connectivity index (χ3n) is 7.78. The predicted molar refractivity (Wildman–Crippen MR) is 174 cm³/mol. The topological polar surface area (TPSA) is 131 Å². The van der Waals surface area contributed by atoms with Crippen LogP contribution in [0.15, 0.2) is 77.8 Å². The number of rotatable bonds is 8. The lowest BCUT2D eigenvalue weighted by Crippen LogP contribution is -2.36. The zero-order chi connectivity index (χ0) is 31.6. The number of carbonyl (C=O) groups excluding carboxylic acids is 4. The monoisotopic (exact) mass is 639 g/mol. The molecule has 0 bridgehead atoms. The first-order valence-corrected chi connectivity index (χ1v) is 15.5. The molecule has 4 amide bonds. The van der Waals surface area contributed by atoms with Crippen LogP contribution in [0.3, 0.4) is 0 Å². The van der Waals surface area contributed by atoms with Gasteiger partial charge in [0.2, 0.25) is 18.6 Å². The third-order valence-corrected chi connectivity index (χ3v) is 8.69. The summed E-state index contributed by atoms with van der Waals surface area (Å²) in [6.45, 7) is 2.70. The van der Waals surface area contributed by atoms with Crippen molar-refractivity contribution in [2.24, 2.45) is 0 Å². The van der Waals surface area contributed by atoms with Crippen molar-refractivity contribution in [1.82, 2.24) is 9.47 Å². The fourth-order valence-electron chi connectivity index (χ4n) is 5.55. The van der Waals surface area contributed by atoms with Crippen LogP contribution >= 0.6 is 11.8 Å². The number of nitrogens with zero attached hydrogens (tertiary/aromatic N) is 3. The van der Waals surface area contributed by atoms with Gasteiger partial charge in [0.25, 0.3) is 11.1 Å². The molecule has 0 atom stereocenters. The van der Waals surface area contributed by atoms with Crippen molar-refractivity contribution in [2.75, 3.05) is 55.2 Å². The Balaban J connectivity index is 1.02. The maximum absolute atomic E-state index is 13.3. The van der Waals surface area contributed by atoms with Crippen LogP contribution in [0, 0.1) is 0 Å². The molecule has 0 unspecified atom stereocenters. The Morgan fingerprint density at radius 2 is 1.57 bits per heavy atom. The van der Waals surface area contributed by atoms with E-state index in [1.54, 1.807) is 47.2 Å². The normalized spacial score (nSPS) is 16.8. The van der Waals surface area contributed by atoms with E-state index in [0.29, 0.717) is 41.7 Å². The lowest BCUT2D eigenvalue weighted by atomic mass is 10.1. The van der Waals surface area contributed by atoms with Gasteiger partial charge in [-0.1, -0.05) is 18.2 Å². The van der Waals surface area contributed by atoms with Crippen molar-refractivity contribution >= 4 is 68.8 Å². The summed E-state index contributed by atoms with van der Waals surface area (Å²) in [6.07, 6.45) is 3.40. The fraction of sp³-hybridized carbons (Fsp3) is 0.212. The molecular weight excluding hydrogens is 610 g/mol. The standard InChI is InChI=1S/C33H29N5O7S/c39-30(35-23-7-10-27-28(16-23)45-20-44-27)18-37-17-21(25-3-1-2-4-26(25)37)15-29-32(41)38(33(42)46-29)19-31(40)34-22-5-8-24(9-6-22)36-11-13-43-14-12-36/h1-10,15-17H,11-14,18-20H2,(H,34,40)(H,35,39)/b29-15-. The molecule has 0 radical (unpaired) electrons. The molecular formula is C33H29N5O7S. The van der Waals surface area contributed by atoms with E-state index >= 15 is 0 Å². The van der Waals surface area contributed by atoms with Crippen LogP contribution < -0.4 is 25.0 Å². The van der Waals surface area contributed by atoms with E-state index in [9.17, 15) is 19.2 Å². The van der Waals surface area contributed by atoms with Crippen LogP contribution in [0.1, 0.15) is 5.56 Å². The maximum Gasteiger partial charge on any atom is 0.294 e. The average molecular weight is 640 g/mol. The predicted octanol–water partition coefficient (Wildman–Crippen LogP) is 4.52. The lowest BCUT2D eigenvalue weighted by molar-refractivity contribution is -0.127. The smallest absolute Gasteiger partial charge is 0.294 e. The second-order valence-electron chi connectivity index (χ2n) is 10.8. The van der Waals surface area contributed by atoms with Crippen LogP contribution in [0.25, 0.3) is 17.0 Å². The molecule has 7 rings (SSSR count). The van der Waals surface area contributed by atoms with Gasteiger partial charge in [0, 0.05) is 58.9 Å². The molecule has 0 aliphatic carbocycles. The van der Waals surface area contributed by atoms with Gasteiger partial charge in [-0.25, -0.2) is 0 Å². The number of nitrogens with one attached hydrogen (secondary N) is 2. The number of carbonyl (C=O) groups is 4. The number of imide groups is 1. The van der Waals surface area contributed by atoms with Gasteiger partial charge in [-0.3, -0.25) is 24.1 Å². The molecule has 13 heteroatoms. The number of anilines is 3. The van der Waals surface area contributed by atoms with Gasteiger partial charge in [0.15, 0.2) is 11.5 Å². The number of hydrogen-bond acceptors (Lipinski definition) is 9. The number of thioether (sulfide) groups is 1. The minimum atomic E-state index is -0.551. The number of morpholine rings is 1. The Hall–Kier alpha value is -5.27. The van der Waals surface area contributed by atoms with Crippen molar-refractivity contribution in [1.29, 1.82) is 0 Å². The van der Waals surface area contributed by atoms with Crippen molar-refractivity contribution in [2.45, 2.75) is 6.54 Å². The molecule has 3 aliphatic heterocycles. The van der Waals surface area contributed by atoms with Gasteiger partial charge >= 0.3 is 0 Å². The number of ether oxygens (including phenoxy) is 3. The second kappa shape index (κ2) is 12.6. The van der Waals surface area contributed by atoms with E-state index in [1.165, 1.54) is 0 Å². The maximum atomic E-state index is 13.3. The van der Waals surface area contributed by atoms with Gasteiger partial charge < -0.3 is 34.3 Å². The summed E-state index contributed by atoms with van der Waals surface area (Å²) >= 11 is 0.778. The number of hydrogen-bond donors (Lipinski definition) is 2. The molecule has 4 aromatic rings. The van der Waals surface area contributed by atoms with E-state index in [1.807, 2.05) is 36.4 Å². The van der Waals surface area contributed by atoms with E-state index in [2.05, 4.69) is 15.5 Å². The summed E-state index contributed by atoms with van der Waals surface area (Å²) in [7, 11) is 0. The Labute approximate surface area is 267 Å². The van der Waals surface area contributed by atoms with Crippen LogP contribution in [0.5, 0.6) is 11.5 Å². The summed E-state index contributed by atoms with van der Waals surface area (Å²) in [5, 5.41) is 5.92. The summed E-state index contributed by atoms with van der Waals surface area (Å²) in [6, 6.07) is 20.1. The van der Waals surface area contributed by atoms with E-state index in [0.717, 1.165) is 46.3 Å². The number of amides is 4. The Morgan fingerprint density at radius 3 is 2.39 bits per heavy atom. The van der Waals surface area contributed by atoms with Gasteiger partial charge in [-0.15, -0.1) is 0 Å². The molecule has 2 N–H and O–H groups in total. The molecule has 2 saturated heterocycles. The molecule has 46 heavy (non-hydrogen) atoms. The number of aromatic nitrogens is 1. The first-order chi connectivity index (χ1) is 22.4. The summed E-state index contributed by atoms with van der Waals surface area (Å²) in [5.41, 5.74) is 3.63. The highest BCUT2D eigenvalue weighted by Crippen LogP contribution is 2.35. The Bertz CT molecular complexity index is 1880. The fourth-order valence-corrected chi connectivity index (χ4v) is 6.38. The number of benzene rings is 3. The van der Waals surface area contributed by atoms with Gasteiger partial charge in [0.05, 0.1) is 18.1 Å². The van der Waals surface area contributed by atoms with E-state index < -0.39 is 23.6 Å². The molecule has 0 spiro atoms. The molecule has 1 aromatic heterocycles. The number of para-hydroxylation sites is 1.